The normalized spacial score (nSPS) is 17.0. The molecule has 0 aliphatic carbocycles. The van der Waals surface area contributed by atoms with Gasteiger partial charge in [0, 0.05) is 6.54 Å². The molecule has 6 nitrogen and oxygen atoms in total. The monoisotopic (exact) mass is 408 g/mol. The van der Waals surface area contributed by atoms with Gasteiger partial charge in [-0.25, -0.2) is 0 Å². The third kappa shape index (κ3) is 4.67. The summed E-state index contributed by atoms with van der Waals surface area (Å²) in [7, 11) is 1.49. The van der Waals surface area contributed by atoms with Crippen molar-refractivity contribution in [2.75, 3.05) is 13.7 Å². The fraction of sp³-hybridized carbons (Fsp3) is 0.316. The minimum absolute atomic E-state index is 0.0419. The van der Waals surface area contributed by atoms with Gasteiger partial charge in [0.05, 0.1) is 18.2 Å². The number of hydrogen-bond donors (Lipinski definition) is 1. The van der Waals surface area contributed by atoms with Crippen molar-refractivity contribution in [3.05, 3.63) is 40.9 Å². The first-order valence-corrected chi connectivity index (χ1v) is 9.14. The minimum Gasteiger partial charge on any atom is -0.493 e. The van der Waals surface area contributed by atoms with Crippen LogP contribution in [0.15, 0.2) is 30.4 Å². The molecule has 1 heterocycles. The Labute approximate surface area is 168 Å². The molecule has 1 N–H and O–H groups in total. The highest BCUT2D eigenvalue weighted by Gasteiger charge is 2.32. The molecule has 27 heavy (non-hydrogen) atoms. The maximum absolute atomic E-state index is 12.6. The van der Waals surface area contributed by atoms with Gasteiger partial charge in [-0.1, -0.05) is 24.6 Å². The van der Waals surface area contributed by atoms with Gasteiger partial charge in [-0.2, -0.15) is 0 Å². The maximum atomic E-state index is 12.6. The summed E-state index contributed by atoms with van der Waals surface area (Å²) in [4.78, 5) is 26.1. The molecule has 2 amide bonds. The fourth-order valence-electron chi connectivity index (χ4n) is 2.38. The molecule has 1 aromatic carbocycles. The Hall–Kier alpha value is -2.38. The van der Waals surface area contributed by atoms with E-state index in [4.69, 9.17) is 33.3 Å². The van der Waals surface area contributed by atoms with Crippen molar-refractivity contribution in [3.63, 3.8) is 0 Å². The number of benzene rings is 1. The van der Waals surface area contributed by atoms with Gasteiger partial charge in [0.25, 0.3) is 11.8 Å². The Morgan fingerprint density at radius 2 is 2.11 bits per heavy atom. The van der Waals surface area contributed by atoms with Crippen molar-refractivity contribution >= 4 is 46.8 Å². The average Bonchev–Trinajstić information content (AvgIpc) is 2.63. The number of hydrogen-bond acceptors (Lipinski definition) is 5. The van der Waals surface area contributed by atoms with E-state index in [1.165, 1.54) is 24.2 Å². The number of ether oxygens (including phenoxy) is 2. The molecule has 1 atom stereocenters. The van der Waals surface area contributed by atoms with Gasteiger partial charge in [0.1, 0.15) is 5.57 Å². The summed E-state index contributed by atoms with van der Waals surface area (Å²) in [5.41, 5.74) is 0.470. The standard InChI is InChI=1S/C19H21ClN2O4S/c1-5-7-22-18(24)13(17(23)21-19(22)27)8-12-9-14(20)16(15(10-12)25-4)26-11(3)6-2/h5,8-11H,1,6-7H2,2-4H3,(H,21,23,27)/b13-8+/t11-/m1/s1. The molecule has 0 bridgehead atoms. The van der Waals surface area contributed by atoms with Gasteiger partial charge in [-0.15, -0.1) is 6.58 Å². The number of rotatable bonds is 7. The largest absolute Gasteiger partial charge is 0.493 e. The van der Waals surface area contributed by atoms with E-state index in [2.05, 4.69) is 11.9 Å². The van der Waals surface area contributed by atoms with Crippen molar-refractivity contribution in [2.45, 2.75) is 26.4 Å². The molecule has 0 unspecified atom stereocenters. The number of carbonyl (C=O) groups excluding carboxylic acids is 2. The van der Waals surface area contributed by atoms with E-state index in [-0.39, 0.29) is 23.3 Å². The Morgan fingerprint density at radius 3 is 2.70 bits per heavy atom. The second kappa shape index (κ2) is 9.01. The van der Waals surface area contributed by atoms with Gasteiger partial charge >= 0.3 is 0 Å². The molecule has 0 radical (unpaired) electrons. The zero-order valence-corrected chi connectivity index (χ0v) is 16.9. The van der Waals surface area contributed by atoms with Crippen molar-refractivity contribution in [1.29, 1.82) is 0 Å². The maximum Gasteiger partial charge on any atom is 0.265 e. The van der Waals surface area contributed by atoms with Crippen LogP contribution < -0.4 is 14.8 Å². The molecule has 1 saturated heterocycles. The number of nitrogens with one attached hydrogen (secondary N) is 1. The Bertz CT molecular complexity index is 822. The van der Waals surface area contributed by atoms with E-state index in [1.807, 2.05) is 13.8 Å². The summed E-state index contributed by atoms with van der Waals surface area (Å²) in [6.45, 7) is 7.71. The number of carbonyl (C=O) groups is 2. The van der Waals surface area contributed by atoms with Crippen LogP contribution in [0.3, 0.4) is 0 Å². The van der Waals surface area contributed by atoms with Gasteiger partial charge in [0.2, 0.25) is 0 Å². The second-order valence-corrected chi connectivity index (χ2v) is 6.69. The highest BCUT2D eigenvalue weighted by Crippen LogP contribution is 2.38. The Morgan fingerprint density at radius 1 is 1.41 bits per heavy atom. The summed E-state index contributed by atoms with van der Waals surface area (Å²) in [6.07, 6.45) is 3.73. The zero-order chi connectivity index (χ0) is 20.1. The van der Waals surface area contributed by atoms with Gasteiger partial charge in [-0.3, -0.25) is 19.8 Å². The predicted octanol–water partition coefficient (Wildman–Crippen LogP) is 3.34. The SMILES string of the molecule is C=CCN1C(=O)/C(=C/c2cc(Cl)c(O[C@H](C)CC)c(OC)c2)C(=O)NC1=S. The molecular weight excluding hydrogens is 388 g/mol. The first-order valence-electron chi connectivity index (χ1n) is 8.36. The summed E-state index contributed by atoms with van der Waals surface area (Å²) >= 11 is 11.4. The van der Waals surface area contributed by atoms with E-state index in [0.717, 1.165) is 6.42 Å². The Balaban J connectivity index is 2.44. The van der Waals surface area contributed by atoms with E-state index in [1.54, 1.807) is 12.1 Å². The van der Waals surface area contributed by atoms with E-state index in [0.29, 0.717) is 22.1 Å². The molecule has 8 heteroatoms. The van der Waals surface area contributed by atoms with Crippen molar-refractivity contribution in [3.8, 4) is 11.5 Å². The molecule has 2 rings (SSSR count). The topological polar surface area (TPSA) is 67.9 Å². The first-order chi connectivity index (χ1) is 12.8. The van der Waals surface area contributed by atoms with Crippen molar-refractivity contribution < 1.29 is 19.1 Å². The highest BCUT2D eigenvalue weighted by molar-refractivity contribution is 7.80. The van der Waals surface area contributed by atoms with Crippen molar-refractivity contribution in [1.82, 2.24) is 10.2 Å². The third-order valence-electron chi connectivity index (χ3n) is 3.95. The van der Waals surface area contributed by atoms with Crippen LogP contribution in [0, 0.1) is 0 Å². The smallest absolute Gasteiger partial charge is 0.265 e. The lowest BCUT2D eigenvalue weighted by Crippen LogP contribution is -2.53. The molecule has 1 fully saturated rings. The molecule has 0 spiro atoms. The number of amides is 2. The van der Waals surface area contributed by atoms with Crippen LogP contribution >= 0.6 is 23.8 Å². The summed E-state index contributed by atoms with van der Waals surface area (Å²) in [5.74, 6) is -0.236. The molecule has 1 aliphatic rings. The van der Waals surface area contributed by atoms with Crippen molar-refractivity contribution in [2.24, 2.45) is 0 Å². The van der Waals surface area contributed by atoms with Crippen LogP contribution in [0.2, 0.25) is 5.02 Å². The first kappa shape index (κ1) is 20.9. The summed E-state index contributed by atoms with van der Waals surface area (Å²) in [5, 5.41) is 2.87. The summed E-state index contributed by atoms with van der Waals surface area (Å²) in [6, 6.07) is 3.27. The number of nitrogens with zero attached hydrogens (tertiary/aromatic N) is 1. The van der Waals surface area contributed by atoms with Crippen LogP contribution in [0.5, 0.6) is 11.5 Å². The lowest BCUT2D eigenvalue weighted by atomic mass is 10.1. The average molecular weight is 409 g/mol. The van der Waals surface area contributed by atoms with Crippen LogP contribution in [0.4, 0.5) is 0 Å². The lowest BCUT2D eigenvalue weighted by Gasteiger charge is -2.27. The van der Waals surface area contributed by atoms with E-state index < -0.39 is 11.8 Å². The van der Waals surface area contributed by atoms with E-state index >= 15 is 0 Å². The van der Waals surface area contributed by atoms with Gasteiger partial charge in [-0.05, 0) is 49.3 Å². The van der Waals surface area contributed by atoms with Gasteiger partial charge in [0.15, 0.2) is 16.6 Å². The number of methoxy groups -OCH3 is 1. The minimum atomic E-state index is -0.569. The predicted molar refractivity (Wildman–Crippen MR) is 109 cm³/mol. The van der Waals surface area contributed by atoms with Crippen LogP contribution in [-0.2, 0) is 9.59 Å². The van der Waals surface area contributed by atoms with Gasteiger partial charge < -0.3 is 9.47 Å². The molecular formula is C19H21ClN2O4S. The zero-order valence-electron chi connectivity index (χ0n) is 15.4. The van der Waals surface area contributed by atoms with E-state index in [9.17, 15) is 9.59 Å². The third-order valence-corrected chi connectivity index (χ3v) is 4.56. The number of halogens is 1. The second-order valence-electron chi connectivity index (χ2n) is 5.89. The molecule has 1 aromatic rings. The number of thiocarbonyl (C=S) groups is 1. The van der Waals surface area contributed by atoms with Crippen LogP contribution in [-0.4, -0.2) is 41.6 Å². The quantitative estimate of drug-likeness (QED) is 0.324. The molecule has 144 valence electrons. The van der Waals surface area contributed by atoms with Crippen LogP contribution in [0.25, 0.3) is 6.08 Å². The molecule has 0 saturated carbocycles. The summed E-state index contributed by atoms with van der Waals surface area (Å²) < 4.78 is 11.2. The highest BCUT2D eigenvalue weighted by atomic mass is 35.5. The van der Waals surface area contributed by atoms with Crippen LogP contribution in [0.1, 0.15) is 25.8 Å². The Kier molecular flexibility index (Phi) is 6.98. The lowest BCUT2D eigenvalue weighted by molar-refractivity contribution is -0.128. The fourth-order valence-corrected chi connectivity index (χ4v) is 2.89. The molecule has 0 aromatic heterocycles. The molecule has 1 aliphatic heterocycles.